The Balaban J connectivity index is 1.55. The van der Waals surface area contributed by atoms with Crippen molar-refractivity contribution in [3.63, 3.8) is 0 Å². The molecule has 0 N–H and O–H groups in total. The maximum Gasteiger partial charge on any atom is 0.409 e. The van der Waals surface area contributed by atoms with Crippen LogP contribution in [0.25, 0.3) is 11.1 Å². The van der Waals surface area contributed by atoms with Gasteiger partial charge >= 0.3 is 6.09 Å². The fourth-order valence-electron chi connectivity index (χ4n) is 3.73. The van der Waals surface area contributed by atoms with Crippen molar-refractivity contribution in [3.05, 3.63) is 53.9 Å². The predicted octanol–water partition coefficient (Wildman–Crippen LogP) is 3.21. The van der Waals surface area contributed by atoms with Gasteiger partial charge in [-0.1, -0.05) is 12.1 Å². The molecule has 0 unspecified atom stereocenters. The third kappa shape index (κ3) is 3.85. The number of benzene rings is 1. The van der Waals surface area contributed by atoms with Gasteiger partial charge in [-0.2, -0.15) is 0 Å². The van der Waals surface area contributed by atoms with Crippen LogP contribution in [0.5, 0.6) is 5.75 Å². The van der Waals surface area contributed by atoms with Crippen LogP contribution in [-0.4, -0.2) is 66.3 Å². The molecule has 4 rings (SSSR count). The van der Waals surface area contributed by atoms with Crippen LogP contribution in [0, 0.1) is 0 Å². The van der Waals surface area contributed by atoms with Gasteiger partial charge in [-0.3, -0.25) is 4.79 Å². The number of hydrogen-bond donors (Lipinski definition) is 0. The van der Waals surface area contributed by atoms with Crippen LogP contribution in [0.15, 0.2) is 47.1 Å². The zero-order chi connectivity index (χ0) is 21.1. The third-order valence-electron chi connectivity index (χ3n) is 5.29. The molecule has 2 amide bonds. The molecule has 2 aromatic heterocycles. The summed E-state index contributed by atoms with van der Waals surface area (Å²) in [6.45, 7) is 4.44. The highest BCUT2D eigenvalue weighted by molar-refractivity contribution is 5.98. The molecule has 0 bridgehead atoms. The second-order valence-corrected chi connectivity index (χ2v) is 7.13. The predicted molar refractivity (Wildman–Crippen MR) is 111 cm³/mol. The van der Waals surface area contributed by atoms with E-state index in [1.54, 1.807) is 30.1 Å². The fourth-order valence-corrected chi connectivity index (χ4v) is 3.73. The van der Waals surface area contributed by atoms with Crippen molar-refractivity contribution in [1.29, 1.82) is 0 Å². The van der Waals surface area contributed by atoms with Crippen molar-refractivity contribution in [2.45, 2.75) is 13.5 Å². The summed E-state index contributed by atoms with van der Waals surface area (Å²) in [6.07, 6.45) is 1.29. The number of furan rings is 1. The molecule has 30 heavy (non-hydrogen) atoms. The minimum Gasteiger partial charge on any atom is -0.497 e. The van der Waals surface area contributed by atoms with Gasteiger partial charge in [0.05, 0.1) is 26.5 Å². The minimum atomic E-state index is -0.330. The van der Waals surface area contributed by atoms with E-state index in [9.17, 15) is 9.59 Å². The Morgan fingerprint density at radius 3 is 2.57 bits per heavy atom. The van der Waals surface area contributed by atoms with Crippen LogP contribution in [0.2, 0.25) is 0 Å². The van der Waals surface area contributed by atoms with Gasteiger partial charge in [-0.15, -0.1) is 0 Å². The van der Waals surface area contributed by atoms with E-state index < -0.39 is 0 Å². The first-order valence-corrected chi connectivity index (χ1v) is 10.0. The number of carbonyl (C=O) groups excluding carboxylic acids is 2. The molecular formula is C22H25N3O5. The van der Waals surface area contributed by atoms with Gasteiger partial charge in [0.25, 0.3) is 5.91 Å². The van der Waals surface area contributed by atoms with Crippen molar-refractivity contribution in [2.24, 2.45) is 0 Å². The maximum atomic E-state index is 13.3. The summed E-state index contributed by atoms with van der Waals surface area (Å²) < 4.78 is 17.9. The number of methoxy groups -OCH3 is 1. The van der Waals surface area contributed by atoms with Gasteiger partial charge in [0.1, 0.15) is 11.4 Å². The largest absolute Gasteiger partial charge is 0.497 e. The normalized spacial score (nSPS) is 14.2. The lowest BCUT2D eigenvalue weighted by Crippen LogP contribution is -2.51. The standard InChI is InChI=1S/C22H25N3O5/c1-3-29-22(27)24-10-8-23(9-11-24)20(26)19-14-17-7-12-30-21(17)25(19)15-16-5-4-6-18(13-16)28-2/h4-7,12-14H,3,8-11,15H2,1-2H3. The molecule has 3 heterocycles. The Morgan fingerprint density at radius 1 is 1.07 bits per heavy atom. The molecule has 1 saturated heterocycles. The Morgan fingerprint density at radius 2 is 1.83 bits per heavy atom. The Bertz CT molecular complexity index is 1050. The van der Waals surface area contributed by atoms with E-state index in [0.29, 0.717) is 50.7 Å². The number of rotatable bonds is 5. The minimum absolute atomic E-state index is 0.0761. The zero-order valence-electron chi connectivity index (χ0n) is 17.2. The summed E-state index contributed by atoms with van der Waals surface area (Å²) in [4.78, 5) is 28.6. The number of hydrogen-bond acceptors (Lipinski definition) is 5. The van der Waals surface area contributed by atoms with Crippen molar-refractivity contribution >= 4 is 23.1 Å². The Kier molecular flexibility index (Phi) is 5.65. The van der Waals surface area contributed by atoms with E-state index in [1.807, 2.05) is 41.0 Å². The first-order valence-electron chi connectivity index (χ1n) is 10.0. The second kappa shape index (κ2) is 8.52. The monoisotopic (exact) mass is 411 g/mol. The summed E-state index contributed by atoms with van der Waals surface area (Å²) in [6, 6.07) is 11.5. The van der Waals surface area contributed by atoms with Crippen LogP contribution in [-0.2, 0) is 11.3 Å². The van der Waals surface area contributed by atoms with Gasteiger partial charge < -0.3 is 28.3 Å². The van der Waals surface area contributed by atoms with E-state index in [2.05, 4.69) is 0 Å². The van der Waals surface area contributed by atoms with Gasteiger partial charge in [-0.05, 0) is 36.8 Å². The number of piperazine rings is 1. The number of fused-ring (bicyclic) bond motifs is 1. The van der Waals surface area contributed by atoms with Gasteiger partial charge in [0.2, 0.25) is 5.71 Å². The molecule has 0 aliphatic carbocycles. The van der Waals surface area contributed by atoms with Crippen molar-refractivity contribution in [2.75, 3.05) is 39.9 Å². The number of nitrogens with zero attached hydrogens (tertiary/aromatic N) is 3. The third-order valence-corrected chi connectivity index (χ3v) is 5.29. The molecule has 1 aromatic carbocycles. The molecule has 3 aromatic rings. The van der Waals surface area contributed by atoms with Crippen LogP contribution in [0.4, 0.5) is 4.79 Å². The first-order chi connectivity index (χ1) is 14.6. The molecule has 1 fully saturated rings. The summed E-state index contributed by atoms with van der Waals surface area (Å²) in [5.74, 6) is 0.686. The van der Waals surface area contributed by atoms with E-state index in [-0.39, 0.29) is 12.0 Å². The lowest BCUT2D eigenvalue weighted by molar-refractivity contribution is 0.0562. The lowest BCUT2D eigenvalue weighted by Gasteiger charge is -2.34. The van der Waals surface area contributed by atoms with Crippen LogP contribution < -0.4 is 4.74 Å². The zero-order valence-corrected chi connectivity index (χ0v) is 17.2. The average molecular weight is 411 g/mol. The van der Waals surface area contributed by atoms with Gasteiger partial charge in [0.15, 0.2) is 0 Å². The summed E-state index contributed by atoms with van der Waals surface area (Å²) in [5.41, 5.74) is 2.23. The first kappa shape index (κ1) is 19.9. The van der Waals surface area contributed by atoms with Gasteiger partial charge in [-0.25, -0.2) is 4.79 Å². The van der Waals surface area contributed by atoms with Gasteiger partial charge in [0, 0.05) is 31.6 Å². The number of ether oxygens (including phenoxy) is 2. The molecule has 0 atom stereocenters. The molecule has 1 aliphatic heterocycles. The van der Waals surface area contributed by atoms with Crippen LogP contribution >= 0.6 is 0 Å². The topological polar surface area (TPSA) is 77.2 Å². The summed E-state index contributed by atoms with van der Waals surface area (Å²) in [7, 11) is 1.63. The molecule has 0 saturated carbocycles. The quantitative estimate of drug-likeness (QED) is 0.644. The lowest BCUT2D eigenvalue weighted by atomic mass is 10.2. The molecule has 0 radical (unpaired) electrons. The molecule has 8 heteroatoms. The SMILES string of the molecule is CCOC(=O)N1CCN(C(=O)c2cc3ccoc3n2Cc2cccc(OC)c2)CC1. The maximum absolute atomic E-state index is 13.3. The molecular weight excluding hydrogens is 386 g/mol. The average Bonchev–Trinajstić information content (AvgIpc) is 3.36. The molecule has 8 nitrogen and oxygen atoms in total. The van der Waals surface area contributed by atoms with E-state index in [4.69, 9.17) is 13.9 Å². The number of aromatic nitrogens is 1. The summed E-state index contributed by atoms with van der Waals surface area (Å²) in [5, 5.41) is 0.881. The Hall–Kier alpha value is -3.42. The highest BCUT2D eigenvalue weighted by atomic mass is 16.6. The van der Waals surface area contributed by atoms with Crippen molar-refractivity contribution in [1.82, 2.24) is 14.4 Å². The fraction of sp³-hybridized carbons (Fsp3) is 0.364. The molecule has 1 aliphatic rings. The molecule has 158 valence electrons. The van der Waals surface area contributed by atoms with Crippen LogP contribution in [0.3, 0.4) is 0 Å². The van der Waals surface area contributed by atoms with Crippen molar-refractivity contribution in [3.8, 4) is 5.75 Å². The summed E-state index contributed by atoms with van der Waals surface area (Å²) >= 11 is 0. The van der Waals surface area contributed by atoms with E-state index in [1.165, 1.54) is 0 Å². The highest BCUT2D eigenvalue weighted by Gasteiger charge is 2.28. The Labute approximate surface area is 174 Å². The smallest absolute Gasteiger partial charge is 0.409 e. The number of amides is 2. The van der Waals surface area contributed by atoms with E-state index in [0.717, 1.165) is 16.7 Å². The van der Waals surface area contributed by atoms with E-state index >= 15 is 0 Å². The highest BCUT2D eigenvalue weighted by Crippen LogP contribution is 2.25. The van der Waals surface area contributed by atoms with Crippen molar-refractivity contribution < 1.29 is 23.5 Å². The molecule has 0 spiro atoms. The second-order valence-electron chi connectivity index (χ2n) is 7.13. The van der Waals surface area contributed by atoms with Crippen LogP contribution in [0.1, 0.15) is 23.0 Å². The number of carbonyl (C=O) groups is 2.